The number of halogens is 3. The highest BCUT2D eigenvalue weighted by Gasteiger charge is 2.03. The summed E-state index contributed by atoms with van der Waals surface area (Å²) in [5.74, 6) is 0.168. The van der Waals surface area contributed by atoms with Crippen molar-refractivity contribution in [3.05, 3.63) is 58.1 Å². The van der Waals surface area contributed by atoms with E-state index in [2.05, 4.69) is 26.0 Å². The van der Waals surface area contributed by atoms with Crippen LogP contribution >= 0.6 is 15.9 Å². The Morgan fingerprint density at radius 3 is 2.45 bits per heavy atom. The largest absolute Gasteiger partial charge is 0.435 e. The maximum absolute atomic E-state index is 12.0. The molecule has 0 aliphatic rings. The third-order valence-electron chi connectivity index (χ3n) is 2.82. The van der Waals surface area contributed by atoms with Crippen molar-refractivity contribution in [3.63, 3.8) is 0 Å². The maximum atomic E-state index is 12.0. The molecule has 2 rings (SSSR count). The van der Waals surface area contributed by atoms with E-state index < -0.39 is 6.61 Å². The van der Waals surface area contributed by atoms with E-state index in [0.717, 1.165) is 15.7 Å². The van der Waals surface area contributed by atoms with Crippen molar-refractivity contribution in [1.29, 1.82) is 0 Å². The summed E-state index contributed by atoms with van der Waals surface area (Å²) in [5, 5.41) is 3.27. The van der Waals surface area contributed by atoms with Crippen LogP contribution in [0.15, 0.2) is 46.9 Å². The Morgan fingerprint density at radius 1 is 1.15 bits per heavy atom. The lowest BCUT2D eigenvalue weighted by molar-refractivity contribution is -0.0498. The summed E-state index contributed by atoms with van der Waals surface area (Å²) in [5.41, 5.74) is 3.16. The van der Waals surface area contributed by atoms with Gasteiger partial charge in [-0.3, -0.25) is 0 Å². The molecule has 0 aromatic heterocycles. The standard InChI is InChI=1S/C15H14BrF2NO/c1-10-2-5-12(8-14(10)16)19-9-11-3-6-13(7-4-11)20-15(17)18/h2-8,15,19H,9H2,1H3. The van der Waals surface area contributed by atoms with Crippen molar-refractivity contribution < 1.29 is 13.5 Å². The second kappa shape index (κ2) is 6.70. The zero-order valence-electron chi connectivity index (χ0n) is 10.9. The zero-order chi connectivity index (χ0) is 14.5. The van der Waals surface area contributed by atoms with Crippen LogP contribution in [0.3, 0.4) is 0 Å². The van der Waals surface area contributed by atoms with E-state index in [-0.39, 0.29) is 5.75 Å². The predicted octanol–water partition coefficient (Wildman–Crippen LogP) is 4.97. The minimum absolute atomic E-state index is 0.168. The third kappa shape index (κ3) is 4.20. The number of hydrogen-bond donors (Lipinski definition) is 1. The minimum Gasteiger partial charge on any atom is -0.435 e. The van der Waals surface area contributed by atoms with Gasteiger partial charge in [0.25, 0.3) is 0 Å². The first kappa shape index (κ1) is 14.8. The number of benzene rings is 2. The Morgan fingerprint density at radius 2 is 1.85 bits per heavy atom. The summed E-state index contributed by atoms with van der Waals surface area (Å²) in [7, 11) is 0. The summed E-state index contributed by atoms with van der Waals surface area (Å²) in [4.78, 5) is 0. The highest BCUT2D eigenvalue weighted by Crippen LogP contribution is 2.21. The molecular formula is C15H14BrF2NO. The van der Waals surface area contributed by atoms with Crippen LogP contribution in [0.25, 0.3) is 0 Å². The van der Waals surface area contributed by atoms with Gasteiger partial charge in [0.15, 0.2) is 0 Å². The van der Waals surface area contributed by atoms with Crippen LogP contribution in [0, 0.1) is 6.92 Å². The van der Waals surface area contributed by atoms with Crippen molar-refractivity contribution in [2.45, 2.75) is 20.1 Å². The third-order valence-corrected chi connectivity index (χ3v) is 3.67. The Hall–Kier alpha value is -1.62. The normalized spacial score (nSPS) is 10.7. The Kier molecular flexibility index (Phi) is 4.95. The van der Waals surface area contributed by atoms with Gasteiger partial charge >= 0.3 is 6.61 Å². The molecule has 0 bridgehead atoms. The quantitative estimate of drug-likeness (QED) is 0.828. The van der Waals surface area contributed by atoms with E-state index in [9.17, 15) is 8.78 Å². The molecule has 0 spiro atoms. The van der Waals surface area contributed by atoms with Gasteiger partial charge in [-0.05, 0) is 42.3 Å². The Labute approximate surface area is 124 Å². The molecule has 2 aromatic carbocycles. The van der Waals surface area contributed by atoms with Crippen molar-refractivity contribution in [2.24, 2.45) is 0 Å². The fourth-order valence-corrected chi connectivity index (χ4v) is 2.07. The number of hydrogen-bond acceptors (Lipinski definition) is 2. The highest BCUT2D eigenvalue weighted by molar-refractivity contribution is 9.10. The van der Waals surface area contributed by atoms with Gasteiger partial charge in [0.2, 0.25) is 0 Å². The summed E-state index contributed by atoms with van der Waals surface area (Å²) in [6.45, 7) is -0.149. The molecule has 0 saturated heterocycles. The van der Waals surface area contributed by atoms with Gasteiger partial charge in [-0.1, -0.05) is 34.1 Å². The molecule has 2 aromatic rings. The fourth-order valence-electron chi connectivity index (χ4n) is 1.70. The lowest BCUT2D eigenvalue weighted by Crippen LogP contribution is -2.03. The van der Waals surface area contributed by atoms with Crippen LogP contribution in [0.4, 0.5) is 14.5 Å². The van der Waals surface area contributed by atoms with Crippen molar-refractivity contribution >= 4 is 21.6 Å². The topological polar surface area (TPSA) is 21.3 Å². The van der Waals surface area contributed by atoms with Gasteiger partial charge in [0.1, 0.15) is 5.75 Å². The van der Waals surface area contributed by atoms with Crippen LogP contribution in [0.2, 0.25) is 0 Å². The molecule has 0 heterocycles. The monoisotopic (exact) mass is 341 g/mol. The average Bonchev–Trinajstić information content (AvgIpc) is 2.41. The number of alkyl halides is 2. The maximum Gasteiger partial charge on any atom is 0.387 e. The molecule has 2 nitrogen and oxygen atoms in total. The molecular weight excluding hydrogens is 328 g/mol. The van der Waals surface area contributed by atoms with Crippen LogP contribution in [-0.4, -0.2) is 6.61 Å². The van der Waals surface area contributed by atoms with Gasteiger partial charge in [-0.25, -0.2) is 0 Å². The molecule has 20 heavy (non-hydrogen) atoms. The number of rotatable bonds is 5. The fraction of sp³-hybridized carbons (Fsp3) is 0.200. The molecule has 0 unspecified atom stereocenters. The number of ether oxygens (including phenoxy) is 1. The number of nitrogens with one attached hydrogen (secondary N) is 1. The van der Waals surface area contributed by atoms with Crippen molar-refractivity contribution in [3.8, 4) is 5.75 Å². The van der Waals surface area contributed by atoms with Gasteiger partial charge in [-0.15, -0.1) is 0 Å². The van der Waals surface area contributed by atoms with Crippen LogP contribution in [-0.2, 0) is 6.54 Å². The van der Waals surface area contributed by atoms with Gasteiger partial charge in [0, 0.05) is 16.7 Å². The Balaban J connectivity index is 1.95. The predicted molar refractivity (Wildman–Crippen MR) is 79.3 cm³/mol. The summed E-state index contributed by atoms with van der Waals surface area (Å²) < 4.78 is 29.4. The zero-order valence-corrected chi connectivity index (χ0v) is 12.5. The van der Waals surface area contributed by atoms with Crippen LogP contribution < -0.4 is 10.1 Å². The lowest BCUT2D eigenvalue weighted by atomic mass is 10.2. The molecule has 0 aliphatic heterocycles. The lowest BCUT2D eigenvalue weighted by Gasteiger charge is -2.09. The van der Waals surface area contributed by atoms with E-state index in [1.54, 1.807) is 12.1 Å². The van der Waals surface area contributed by atoms with Gasteiger partial charge in [0.05, 0.1) is 0 Å². The first-order chi connectivity index (χ1) is 9.54. The highest BCUT2D eigenvalue weighted by atomic mass is 79.9. The number of anilines is 1. The van der Waals surface area contributed by atoms with Crippen molar-refractivity contribution in [2.75, 3.05) is 5.32 Å². The molecule has 0 radical (unpaired) electrons. The van der Waals surface area contributed by atoms with Crippen molar-refractivity contribution in [1.82, 2.24) is 0 Å². The molecule has 0 aliphatic carbocycles. The molecule has 0 fully saturated rings. The summed E-state index contributed by atoms with van der Waals surface area (Å²) >= 11 is 3.48. The molecule has 0 saturated carbocycles. The van der Waals surface area contributed by atoms with Crippen LogP contribution in [0.5, 0.6) is 5.75 Å². The van der Waals surface area contributed by atoms with E-state index >= 15 is 0 Å². The first-order valence-corrected chi connectivity index (χ1v) is 6.87. The SMILES string of the molecule is Cc1ccc(NCc2ccc(OC(F)F)cc2)cc1Br. The molecule has 0 atom stereocenters. The van der Waals surface area contributed by atoms with Gasteiger partial charge < -0.3 is 10.1 Å². The van der Waals surface area contributed by atoms with E-state index in [0.29, 0.717) is 6.54 Å². The molecule has 106 valence electrons. The molecule has 5 heteroatoms. The second-order valence-corrected chi connectivity index (χ2v) is 5.19. The summed E-state index contributed by atoms with van der Waals surface area (Å²) in [6, 6.07) is 12.6. The van der Waals surface area contributed by atoms with E-state index in [4.69, 9.17) is 0 Å². The smallest absolute Gasteiger partial charge is 0.387 e. The van der Waals surface area contributed by atoms with E-state index in [1.807, 2.05) is 25.1 Å². The molecule has 1 N–H and O–H groups in total. The number of aryl methyl sites for hydroxylation is 1. The van der Waals surface area contributed by atoms with Gasteiger partial charge in [-0.2, -0.15) is 8.78 Å². The minimum atomic E-state index is -2.79. The summed E-state index contributed by atoms with van der Waals surface area (Å²) in [6.07, 6.45) is 0. The van der Waals surface area contributed by atoms with Crippen LogP contribution in [0.1, 0.15) is 11.1 Å². The first-order valence-electron chi connectivity index (χ1n) is 6.08. The van der Waals surface area contributed by atoms with E-state index in [1.165, 1.54) is 17.7 Å². The average molecular weight is 342 g/mol. The molecule has 0 amide bonds. The second-order valence-electron chi connectivity index (χ2n) is 4.34. The Bertz CT molecular complexity index is 573.